The van der Waals surface area contributed by atoms with Crippen LogP contribution in [-0.2, 0) is 16.6 Å². The first-order valence-electron chi connectivity index (χ1n) is 11.0. The first-order chi connectivity index (χ1) is 14.8. The first-order valence-corrected chi connectivity index (χ1v) is 13.0. The van der Waals surface area contributed by atoms with Gasteiger partial charge in [-0.3, -0.25) is 4.90 Å². The van der Waals surface area contributed by atoms with E-state index >= 15 is 0 Å². The van der Waals surface area contributed by atoms with Gasteiger partial charge in [0.15, 0.2) is 0 Å². The summed E-state index contributed by atoms with van der Waals surface area (Å²) < 4.78 is 24.9. The molecule has 3 rings (SSSR count). The highest BCUT2D eigenvalue weighted by molar-refractivity contribution is 7.89. The molecule has 31 heavy (non-hydrogen) atoms. The summed E-state index contributed by atoms with van der Waals surface area (Å²) in [5, 5.41) is 0.761. The lowest BCUT2D eigenvalue weighted by molar-refractivity contribution is 0.126. The summed E-state index contributed by atoms with van der Waals surface area (Å²) in [6, 6.07) is 16.7. The number of hydrogen-bond acceptors (Lipinski definition) is 4. The highest BCUT2D eigenvalue weighted by Crippen LogP contribution is 2.26. The molecular formula is C24H34ClN3O2S. The Kier molecular flexibility index (Phi) is 8.93. The lowest BCUT2D eigenvalue weighted by atomic mass is 9.99. The Hall–Kier alpha value is -1.44. The van der Waals surface area contributed by atoms with Crippen LogP contribution in [0, 0.1) is 0 Å². The van der Waals surface area contributed by atoms with Crippen molar-refractivity contribution in [1.82, 2.24) is 14.1 Å². The van der Waals surface area contributed by atoms with Crippen molar-refractivity contribution >= 4 is 21.6 Å². The highest BCUT2D eigenvalue weighted by Gasteiger charge is 2.18. The number of nitrogens with zero attached hydrogens (tertiary/aromatic N) is 3. The van der Waals surface area contributed by atoms with Crippen LogP contribution >= 0.6 is 11.6 Å². The fourth-order valence-electron chi connectivity index (χ4n) is 3.96. The van der Waals surface area contributed by atoms with Crippen molar-refractivity contribution < 1.29 is 8.42 Å². The van der Waals surface area contributed by atoms with Crippen LogP contribution in [0.15, 0.2) is 48.5 Å². The highest BCUT2D eigenvalue weighted by atomic mass is 35.5. The molecule has 1 heterocycles. The SMILES string of the molecule is CN(C)S(=O)(=O)CCCCCN1CCN(Cc2ccccc2-c2ccc(Cl)cc2)CC1. The van der Waals surface area contributed by atoms with Crippen molar-refractivity contribution in [2.75, 3.05) is 52.6 Å². The molecule has 0 spiro atoms. The van der Waals surface area contributed by atoms with Gasteiger partial charge < -0.3 is 4.90 Å². The summed E-state index contributed by atoms with van der Waals surface area (Å²) in [6.45, 7) is 6.26. The molecule has 1 aliphatic heterocycles. The fraction of sp³-hybridized carbons (Fsp3) is 0.500. The van der Waals surface area contributed by atoms with Gasteiger partial charge in [-0.1, -0.05) is 54.4 Å². The maximum atomic E-state index is 11.8. The van der Waals surface area contributed by atoms with Gasteiger partial charge in [0.05, 0.1) is 5.75 Å². The summed E-state index contributed by atoms with van der Waals surface area (Å²) in [7, 11) is 0.140. The van der Waals surface area contributed by atoms with Crippen molar-refractivity contribution in [3.05, 3.63) is 59.1 Å². The Morgan fingerprint density at radius 3 is 2.19 bits per heavy atom. The summed E-state index contributed by atoms with van der Waals surface area (Å²) in [5.41, 5.74) is 3.82. The average Bonchev–Trinajstić information content (AvgIpc) is 2.75. The zero-order valence-corrected chi connectivity index (χ0v) is 20.2. The van der Waals surface area contributed by atoms with Crippen LogP contribution in [0.2, 0.25) is 5.02 Å². The minimum absolute atomic E-state index is 0.251. The molecule has 0 saturated carbocycles. The third-order valence-electron chi connectivity index (χ3n) is 5.96. The molecule has 5 nitrogen and oxygen atoms in total. The van der Waals surface area contributed by atoms with E-state index in [9.17, 15) is 8.42 Å². The van der Waals surface area contributed by atoms with E-state index in [2.05, 4.69) is 46.2 Å². The second-order valence-corrected chi connectivity index (χ2v) is 11.2. The van der Waals surface area contributed by atoms with E-state index in [-0.39, 0.29) is 5.75 Å². The normalized spacial score (nSPS) is 16.1. The fourth-order valence-corrected chi connectivity index (χ4v) is 5.02. The summed E-state index contributed by atoms with van der Waals surface area (Å²) >= 11 is 6.05. The molecule has 7 heteroatoms. The standard InChI is InChI=1S/C24H34ClN3O2S/c1-26(2)31(29,30)19-7-3-6-14-27-15-17-28(18-16-27)20-22-8-4-5-9-24(22)21-10-12-23(25)13-11-21/h4-5,8-13H,3,6-7,14-20H2,1-2H3. The van der Waals surface area contributed by atoms with Gasteiger partial charge in [-0.25, -0.2) is 12.7 Å². The molecule has 2 aromatic carbocycles. The van der Waals surface area contributed by atoms with Gasteiger partial charge in [-0.15, -0.1) is 0 Å². The average molecular weight is 464 g/mol. The van der Waals surface area contributed by atoms with Crippen LogP contribution in [0.5, 0.6) is 0 Å². The van der Waals surface area contributed by atoms with Crippen LogP contribution in [0.3, 0.4) is 0 Å². The molecular weight excluding hydrogens is 430 g/mol. The van der Waals surface area contributed by atoms with Crippen molar-refractivity contribution in [2.45, 2.75) is 25.8 Å². The topological polar surface area (TPSA) is 43.9 Å². The van der Waals surface area contributed by atoms with E-state index in [1.807, 2.05) is 12.1 Å². The smallest absolute Gasteiger partial charge is 0.213 e. The van der Waals surface area contributed by atoms with Crippen molar-refractivity contribution in [2.24, 2.45) is 0 Å². The molecule has 2 aromatic rings. The van der Waals surface area contributed by atoms with E-state index in [1.165, 1.54) is 21.0 Å². The first kappa shape index (κ1) is 24.2. The molecule has 0 atom stereocenters. The molecule has 0 aromatic heterocycles. The Balaban J connectivity index is 1.42. The van der Waals surface area contributed by atoms with Crippen LogP contribution < -0.4 is 0 Å². The third kappa shape index (κ3) is 7.29. The molecule has 0 amide bonds. The molecule has 170 valence electrons. The zero-order valence-electron chi connectivity index (χ0n) is 18.6. The third-order valence-corrected chi connectivity index (χ3v) is 8.13. The van der Waals surface area contributed by atoms with Crippen LogP contribution in [-0.4, -0.2) is 75.1 Å². The molecule has 1 aliphatic rings. The van der Waals surface area contributed by atoms with Crippen LogP contribution in [0.1, 0.15) is 24.8 Å². The Labute approximate surface area is 192 Å². The predicted octanol–water partition coefficient (Wildman–Crippen LogP) is 4.19. The number of sulfonamides is 1. The van der Waals surface area contributed by atoms with E-state index in [0.717, 1.165) is 63.6 Å². The van der Waals surface area contributed by atoms with Gasteiger partial charge in [0, 0.05) is 51.8 Å². The van der Waals surface area contributed by atoms with Gasteiger partial charge in [0.25, 0.3) is 0 Å². The molecule has 0 unspecified atom stereocenters. The number of unbranched alkanes of at least 4 members (excludes halogenated alkanes) is 2. The summed E-state index contributed by atoms with van der Waals surface area (Å²) in [4.78, 5) is 5.02. The second-order valence-electron chi connectivity index (χ2n) is 8.44. The number of hydrogen-bond donors (Lipinski definition) is 0. The number of piperazine rings is 1. The van der Waals surface area contributed by atoms with Gasteiger partial charge in [-0.05, 0) is 48.2 Å². The molecule has 1 saturated heterocycles. The molecule has 0 aliphatic carbocycles. The summed E-state index contributed by atoms with van der Waals surface area (Å²) in [5.74, 6) is 0.251. The largest absolute Gasteiger partial charge is 0.301 e. The predicted molar refractivity (Wildman–Crippen MR) is 130 cm³/mol. The van der Waals surface area contributed by atoms with Crippen molar-refractivity contribution in [3.63, 3.8) is 0 Å². The number of halogens is 1. The minimum atomic E-state index is -3.06. The Bertz CT molecular complexity index is 924. The van der Waals surface area contributed by atoms with Crippen LogP contribution in [0.4, 0.5) is 0 Å². The van der Waals surface area contributed by atoms with Gasteiger partial charge in [0.2, 0.25) is 10.0 Å². The van der Waals surface area contributed by atoms with E-state index in [4.69, 9.17) is 11.6 Å². The molecule has 1 fully saturated rings. The monoisotopic (exact) mass is 463 g/mol. The van der Waals surface area contributed by atoms with Crippen molar-refractivity contribution in [3.8, 4) is 11.1 Å². The Morgan fingerprint density at radius 1 is 0.871 bits per heavy atom. The molecule has 0 N–H and O–H groups in total. The van der Waals surface area contributed by atoms with E-state index < -0.39 is 10.0 Å². The minimum Gasteiger partial charge on any atom is -0.301 e. The number of benzene rings is 2. The van der Waals surface area contributed by atoms with Gasteiger partial charge in [-0.2, -0.15) is 0 Å². The Morgan fingerprint density at radius 2 is 1.52 bits per heavy atom. The summed E-state index contributed by atoms with van der Waals surface area (Å²) in [6.07, 6.45) is 2.76. The van der Waals surface area contributed by atoms with E-state index in [1.54, 1.807) is 14.1 Å². The lowest BCUT2D eigenvalue weighted by Crippen LogP contribution is -2.46. The van der Waals surface area contributed by atoms with Crippen LogP contribution in [0.25, 0.3) is 11.1 Å². The second kappa shape index (κ2) is 11.4. The number of rotatable bonds is 10. The maximum Gasteiger partial charge on any atom is 0.213 e. The molecule has 0 bridgehead atoms. The van der Waals surface area contributed by atoms with Gasteiger partial charge >= 0.3 is 0 Å². The maximum absolute atomic E-state index is 11.8. The lowest BCUT2D eigenvalue weighted by Gasteiger charge is -2.35. The van der Waals surface area contributed by atoms with Gasteiger partial charge in [0.1, 0.15) is 0 Å². The zero-order chi connectivity index (χ0) is 22.3. The quantitative estimate of drug-likeness (QED) is 0.495. The molecule has 0 radical (unpaired) electrons. The van der Waals surface area contributed by atoms with Crippen molar-refractivity contribution in [1.29, 1.82) is 0 Å². The van der Waals surface area contributed by atoms with E-state index in [0.29, 0.717) is 0 Å².